The SMILES string of the molecule is COC(C1CC1)C(CC1OCCc2ccccc21)NN. The van der Waals surface area contributed by atoms with Gasteiger partial charge in [-0.1, -0.05) is 24.3 Å². The molecule has 1 aliphatic carbocycles. The molecule has 3 unspecified atom stereocenters. The molecular weight excluding hydrogens is 252 g/mol. The number of methoxy groups -OCH3 is 1. The number of hydrogen-bond acceptors (Lipinski definition) is 4. The molecule has 0 radical (unpaired) electrons. The third kappa shape index (κ3) is 2.88. The number of fused-ring (bicyclic) bond motifs is 1. The van der Waals surface area contributed by atoms with Crippen molar-refractivity contribution in [3.8, 4) is 0 Å². The van der Waals surface area contributed by atoms with Crippen LogP contribution in [-0.4, -0.2) is 25.9 Å². The van der Waals surface area contributed by atoms with Crippen LogP contribution in [0.15, 0.2) is 24.3 Å². The van der Waals surface area contributed by atoms with Crippen LogP contribution in [0.4, 0.5) is 0 Å². The summed E-state index contributed by atoms with van der Waals surface area (Å²) in [6.07, 6.45) is 4.68. The van der Waals surface area contributed by atoms with Crippen molar-refractivity contribution in [3.63, 3.8) is 0 Å². The Kier molecular flexibility index (Phi) is 4.36. The maximum Gasteiger partial charge on any atom is 0.0844 e. The Morgan fingerprint density at radius 1 is 1.40 bits per heavy atom. The van der Waals surface area contributed by atoms with Gasteiger partial charge in [-0.05, 0) is 42.7 Å². The molecule has 1 aromatic carbocycles. The minimum absolute atomic E-state index is 0.123. The van der Waals surface area contributed by atoms with E-state index in [1.165, 1.54) is 24.0 Å². The lowest BCUT2D eigenvalue weighted by Crippen LogP contribution is -2.47. The van der Waals surface area contributed by atoms with Crippen LogP contribution in [0, 0.1) is 5.92 Å². The lowest BCUT2D eigenvalue weighted by Gasteiger charge is -2.32. The highest BCUT2D eigenvalue weighted by Gasteiger charge is 2.38. The van der Waals surface area contributed by atoms with Crippen molar-refractivity contribution >= 4 is 0 Å². The van der Waals surface area contributed by atoms with E-state index in [-0.39, 0.29) is 18.2 Å². The summed E-state index contributed by atoms with van der Waals surface area (Å²) in [5.74, 6) is 6.42. The predicted molar refractivity (Wildman–Crippen MR) is 78.1 cm³/mol. The van der Waals surface area contributed by atoms with Crippen molar-refractivity contribution < 1.29 is 9.47 Å². The molecule has 0 aromatic heterocycles. The van der Waals surface area contributed by atoms with E-state index in [4.69, 9.17) is 15.3 Å². The van der Waals surface area contributed by atoms with Crippen LogP contribution in [0.5, 0.6) is 0 Å². The standard InChI is InChI=1S/C16H24N2O2/c1-19-16(12-6-7-12)14(18-17)10-15-13-5-3-2-4-11(13)8-9-20-15/h2-5,12,14-16,18H,6-10,17H2,1H3. The number of ether oxygens (including phenoxy) is 2. The molecule has 3 rings (SSSR count). The van der Waals surface area contributed by atoms with Crippen LogP contribution < -0.4 is 11.3 Å². The van der Waals surface area contributed by atoms with E-state index in [2.05, 4.69) is 29.7 Å². The Bertz CT molecular complexity index is 448. The maximum absolute atomic E-state index is 5.98. The molecule has 4 heteroatoms. The monoisotopic (exact) mass is 276 g/mol. The number of hydrazine groups is 1. The van der Waals surface area contributed by atoms with Gasteiger partial charge < -0.3 is 9.47 Å². The molecule has 1 fully saturated rings. The van der Waals surface area contributed by atoms with Crippen LogP contribution in [-0.2, 0) is 15.9 Å². The Balaban J connectivity index is 1.73. The summed E-state index contributed by atoms with van der Waals surface area (Å²) >= 11 is 0. The summed E-state index contributed by atoms with van der Waals surface area (Å²) in [4.78, 5) is 0. The molecule has 0 saturated heterocycles. The van der Waals surface area contributed by atoms with E-state index in [9.17, 15) is 0 Å². The molecule has 110 valence electrons. The van der Waals surface area contributed by atoms with Gasteiger partial charge in [0.15, 0.2) is 0 Å². The molecule has 20 heavy (non-hydrogen) atoms. The van der Waals surface area contributed by atoms with Crippen LogP contribution in [0.2, 0.25) is 0 Å². The first-order valence-electron chi connectivity index (χ1n) is 7.51. The second-order valence-electron chi connectivity index (χ2n) is 5.85. The van der Waals surface area contributed by atoms with Gasteiger partial charge in [0.2, 0.25) is 0 Å². The average Bonchev–Trinajstić information content (AvgIpc) is 3.32. The highest BCUT2D eigenvalue weighted by molar-refractivity contribution is 5.31. The zero-order chi connectivity index (χ0) is 13.9. The number of hydrogen-bond donors (Lipinski definition) is 2. The van der Waals surface area contributed by atoms with Crippen LogP contribution >= 0.6 is 0 Å². The zero-order valence-corrected chi connectivity index (χ0v) is 12.0. The number of rotatable bonds is 6. The van der Waals surface area contributed by atoms with E-state index in [0.29, 0.717) is 5.92 Å². The molecule has 1 aliphatic heterocycles. The van der Waals surface area contributed by atoms with Gasteiger partial charge >= 0.3 is 0 Å². The lowest BCUT2D eigenvalue weighted by molar-refractivity contribution is -0.00452. The van der Waals surface area contributed by atoms with E-state index in [1.807, 2.05) is 0 Å². The second-order valence-corrected chi connectivity index (χ2v) is 5.85. The molecule has 0 spiro atoms. The topological polar surface area (TPSA) is 56.5 Å². The van der Waals surface area contributed by atoms with Gasteiger partial charge in [0, 0.05) is 7.11 Å². The van der Waals surface area contributed by atoms with Gasteiger partial charge in [0.25, 0.3) is 0 Å². The number of benzene rings is 1. The van der Waals surface area contributed by atoms with Gasteiger partial charge in [-0.15, -0.1) is 0 Å². The summed E-state index contributed by atoms with van der Waals surface area (Å²) in [6.45, 7) is 0.792. The van der Waals surface area contributed by atoms with Crippen molar-refractivity contribution in [2.75, 3.05) is 13.7 Å². The maximum atomic E-state index is 5.98. The quantitative estimate of drug-likeness (QED) is 0.616. The fraction of sp³-hybridized carbons (Fsp3) is 0.625. The lowest BCUT2D eigenvalue weighted by atomic mass is 9.91. The third-order valence-corrected chi connectivity index (χ3v) is 4.53. The van der Waals surface area contributed by atoms with Gasteiger partial charge in [-0.3, -0.25) is 11.3 Å². The van der Waals surface area contributed by atoms with E-state index >= 15 is 0 Å². The van der Waals surface area contributed by atoms with Crippen molar-refractivity contribution in [1.29, 1.82) is 0 Å². The molecule has 1 heterocycles. The smallest absolute Gasteiger partial charge is 0.0844 e. The van der Waals surface area contributed by atoms with Gasteiger partial charge in [-0.2, -0.15) is 0 Å². The first kappa shape index (κ1) is 14.0. The number of nitrogens with one attached hydrogen (secondary N) is 1. The molecule has 3 N–H and O–H groups in total. The minimum atomic E-state index is 0.123. The predicted octanol–water partition coefficient (Wildman–Crippen LogP) is 1.95. The largest absolute Gasteiger partial charge is 0.379 e. The van der Waals surface area contributed by atoms with Gasteiger partial charge in [0.05, 0.1) is 24.9 Å². The Hall–Kier alpha value is -0.940. The summed E-state index contributed by atoms with van der Waals surface area (Å²) in [5, 5.41) is 0. The van der Waals surface area contributed by atoms with Crippen molar-refractivity contribution in [1.82, 2.24) is 5.43 Å². The fourth-order valence-corrected chi connectivity index (χ4v) is 3.31. The summed E-state index contributed by atoms with van der Waals surface area (Å²) in [5.41, 5.74) is 5.66. The Morgan fingerprint density at radius 3 is 2.90 bits per heavy atom. The molecule has 4 nitrogen and oxygen atoms in total. The zero-order valence-electron chi connectivity index (χ0n) is 12.0. The van der Waals surface area contributed by atoms with E-state index in [0.717, 1.165) is 19.4 Å². The molecular formula is C16H24N2O2. The molecule has 2 aliphatic rings. The molecule has 0 bridgehead atoms. The second kappa shape index (κ2) is 6.22. The van der Waals surface area contributed by atoms with Crippen LogP contribution in [0.3, 0.4) is 0 Å². The fourth-order valence-electron chi connectivity index (χ4n) is 3.31. The average molecular weight is 276 g/mol. The summed E-state index contributed by atoms with van der Waals surface area (Å²) < 4.78 is 11.6. The number of nitrogens with two attached hydrogens (primary N) is 1. The van der Waals surface area contributed by atoms with Gasteiger partial charge in [-0.25, -0.2) is 0 Å². The molecule has 1 aromatic rings. The highest BCUT2D eigenvalue weighted by Crippen LogP contribution is 2.38. The molecule has 0 amide bonds. The molecule has 1 saturated carbocycles. The van der Waals surface area contributed by atoms with E-state index in [1.54, 1.807) is 7.11 Å². The minimum Gasteiger partial charge on any atom is -0.379 e. The van der Waals surface area contributed by atoms with Gasteiger partial charge in [0.1, 0.15) is 0 Å². The highest BCUT2D eigenvalue weighted by atomic mass is 16.5. The van der Waals surface area contributed by atoms with Crippen LogP contribution in [0.25, 0.3) is 0 Å². The Morgan fingerprint density at radius 2 is 2.20 bits per heavy atom. The van der Waals surface area contributed by atoms with Crippen molar-refractivity contribution in [2.24, 2.45) is 11.8 Å². The first-order valence-corrected chi connectivity index (χ1v) is 7.51. The normalized spacial score (nSPS) is 25.0. The molecule has 3 atom stereocenters. The summed E-state index contributed by atoms with van der Waals surface area (Å²) in [7, 11) is 1.78. The van der Waals surface area contributed by atoms with Crippen LogP contribution in [0.1, 0.15) is 36.5 Å². The van der Waals surface area contributed by atoms with E-state index < -0.39 is 0 Å². The van der Waals surface area contributed by atoms with Crippen molar-refractivity contribution in [3.05, 3.63) is 35.4 Å². The summed E-state index contributed by atoms with van der Waals surface area (Å²) in [6, 6.07) is 8.70. The third-order valence-electron chi connectivity index (χ3n) is 4.53. The van der Waals surface area contributed by atoms with Crippen molar-refractivity contribution in [2.45, 2.75) is 43.9 Å². The Labute approximate surface area is 120 Å². The first-order chi connectivity index (χ1) is 9.83.